The molecule has 0 saturated heterocycles. The lowest BCUT2D eigenvalue weighted by Gasteiger charge is -2.19. The third-order valence-corrected chi connectivity index (χ3v) is 4.66. The van der Waals surface area contributed by atoms with E-state index in [1.54, 1.807) is 0 Å². The number of ether oxygens (including phenoxy) is 3. The highest BCUT2D eigenvalue weighted by Gasteiger charge is 2.10. The number of carbonyl (C=O) groups excluding carboxylic acids is 3. The van der Waals surface area contributed by atoms with Crippen LogP contribution in [0.1, 0.15) is 87.0 Å². The first-order valence-electron chi connectivity index (χ1n) is 11.8. The van der Waals surface area contributed by atoms with Crippen molar-refractivity contribution < 1.29 is 43.9 Å². The number of aliphatic carboxylic acids is 3. The standard InChI is InChI=1S/C11H20O5.C8H16O4.C5H12/c1-3-8(2)16-5-4-9(6-10(12)13)7-11(14)15;1-3-7(2)12-5-4-11-6-8(9)10;1-4-5(2)3/h8-9H,3-7H2,1-2H3,(H,12,13)(H,14,15);7H,3-6H2,1-2H3,(H,9,10);5H,4H2,1-3H3/p-3. The molecule has 0 aromatic heterocycles. The first kappa shape index (κ1) is 35.9. The maximum Gasteiger partial charge on any atom is 0.0862 e. The molecule has 0 aromatic rings. The van der Waals surface area contributed by atoms with Crippen molar-refractivity contribution in [1.29, 1.82) is 0 Å². The van der Waals surface area contributed by atoms with E-state index < -0.39 is 23.8 Å². The lowest BCUT2D eigenvalue weighted by Crippen LogP contribution is -2.30. The van der Waals surface area contributed by atoms with Crippen LogP contribution in [0.3, 0.4) is 0 Å². The SMILES string of the molecule is CCC(C)C.CCC(C)OCCC(CC(=O)[O-])CC(=O)[O-].CCC(C)OCCOCC(=O)[O-]. The van der Waals surface area contributed by atoms with Gasteiger partial charge >= 0.3 is 0 Å². The topological polar surface area (TPSA) is 148 Å². The van der Waals surface area contributed by atoms with Crippen LogP contribution in [0.15, 0.2) is 0 Å². The van der Waals surface area contributed by atoms with Gasteiger partial charge in [0.1, 0.15) is 0 Å². The van der Waals surface area contributed by atoms with Crippen LogP contribution in [-0.4, -0.2) is 56.5 Å². The maximum atomic E-state index is 10.4. The number of carboxylic acids is 3. The van der Waals surface area contributed by atoms with Crippen molar-refractivity contribution in [2.75, 3.05) is 26.4 Å². The molecule has 0 saturated carbocycles. The van der Waals surface area contributed by atoms with Crippen LogP contribution in [0.25, 0.3) is 0 Å². The molecule has 9 nitrogen and oxygen atoms in total. The fourth-order valence-electron chi connectivity index (χ4n) is 1.88. The summed E-state index contributed by atoms with van der Waals surface area (Å²) in [6.45, 7) is 15.2. The lowest BCUT2D eigenvalue weighted by atomic mass is 9.98. The summed E-state index contributed by atoms with van der Waals surface area (Å²) in [5, 5.41) is 30.6. The van der Waals surface area contributed by atoms with Gasteiger partial charge in [0.25, 0.3) is 0 Å². The molecule has 0 aromatic carbocycles. The second-order valence-corrected chi connectivity index (χ2v) is 8.21. The average molecular weight is 478 g/mol. The Hall–Kier alpha value is -1.71. The monoisotopic (exact) mass is 477 g/mol. The minimum atomic E-state index is -1.24. The Kier molecular flexibility index (Phi) is 27.1. The largest absolute Gasteiger partial charge is 0.550 e. The van der Waals surface area contributed by atoms with E-state index in [2.05, 4.69) is 20.8 Å². The highest BCUT2D eigenvalue weighted by molar-refractivity contribution is 5.68. The normalized spacial score (nSPS) is 12.3. The zero-order valence-corrected chi connectivity index (χ0v) is 21.6. The summed E-state index contributed by atoms with van der Waals surface area (Å²) in [6, 6.07) is 0. The molecule has 0 amide bonds. The molecular formula is C24H45O9-3. The fourth-order valence-corrected chi connectivity index (χ4v) is 1.88. The van der Waals surface area contributed by atoms with Crippen LogP contribution >= 0.6 is 0 Å². The Morgan fingerprint density at radius 3 is 1.42 bits per heavy atom. The molecule has 9 heteroatoms. The summed E-state index contributed by atoms with van der Waals surface area (Å²) in [5.41, 5.74) is 0. The van der Waals surface area contributed by atoms with Crippen LogP contribution in [0, 0.1) is 11.8 Å². The van der Waals surface area contributed by atoms with E-state index in [1.165, 1.54) is 6.42 Å². The molecule has 0 radical (unpaired) electrons. The van der Waals surface area contributed by atoms with Gasteiger partial charge < -0.3 is 43.9 Å². The molecule has 2 unspecified atom stereocenters. The summed E-state index contributed by atoms with van der Waals surface area (Å²) in [7, 11) is 0. The Morgan fingerprint density at radius 2 is 1.09 bits per heavy atom. The molecule has 0 aliphatic carbocycles. The van der Waals surface area contributed by atoms with Crippen molar-refractivity contribution >= 4 is 17.9 Å². The van der Waals surface area contributed by atoms with Crippen molar-refractivity contribution in [3.05, 3.63) is 0 Å². The van der Waals surface area contributed by atoms with E-state index in [4.69, 9.17) is 14.2 Å². The number of carbonyl (C=O) groups is 3. The number of carboxylic acid groups (broad SMARTS) is 3. The molecular weight excluding hydrogens is 432 g/mol. The highest BCUT2D eigenvalue weighted by Crippen LogP contribution is 2.13. The molecule has 0 spiro atoms. The van der Waals surface area contributed by atoms with Crippen molar-refractivity contribution in [2.45, 2.75) is 99.2 Å². The van der Waals surface area contributed by atoms with Crippen molar-refractivity contribution in [1.82, 2.24) is 0 Å². The van der Waals surface area contributed by atoms with E-state index in [0.29, 0.717) is 26.2 Å². The second-order valence-electron chi connectivity index (χ2n) is 8.21. The van der Waals surface area contributed by atoms with Gasteiger partial charge in [-0.3, -0.25) is 0 Å². The van der Waals surface area contributed by atoms with Gasteiger partial charge in [0.15, 0.2) is 0 Å². The molecule has 2 atom stereocenters. The Bertz CT molecular complexity index is 465. The van der Waals surface area contributed by atoms with Crippen molar-refractivity contribution in [3.8, 4) is 0 Å². The van der Waals surface area contributed by atoms with Gasteiger partial charge in [-0.05, 0) is 57.8 Å². The van der Waals surface area contributed by atoms with Crippen LogP contribution in [0.2, 0.25) is 0 Å². The van der Waals surface area contributed by atoms with Crippen molar-refractivity contribution in [3.63, 3.8) is 0 Å². The van der Waals surface area contributed by atoms with Crippen LogP contribution in [0.5, 0.6) is 0 Å². The van der Waals surface area contributed by atoms with Gasteiger partial charge in [-0.2, -0.15) is 0 Å². The zero-order chi connectivity index (χ0) is 26.2. The van der Waals surface area contributed by atoms with E-state index >= 15 is 0 Å². The van der Waals surface area contributed by atoms with E-state index in [-0.39, 0.29) is 31.7 Å². The Morgan fingerprint density at radius 1 is 0.667 bits per heavy atom. The predicted molar refractivity (Wildman–Crippen MR) is 120 cm³/mol. The predicted octanol–water partition coefficient (Wildman–Crippen LogP) is 0.708. The number of rotatable bonds is 17. The third kappa shape index (κ3) is 35.1. The molecule has 0 aliphatic rings. The van der Waals surface area contributed by atoms with Gasteiger partial charge in [0, 0.05) is 18.5 Å². The molecule has 0 fully saturated rings. The van der Waals surface area contributed by atoms with Gasteiger partial charge in [-0.1, -0.05) is 41.0 Å². The first-order chi connectivity index (χ1) is 15.4. The highest BCUT2D eigenvalue weighted by atomic mass is 16.5. The maximum absolute atomic E-state index is 10.4. The van der Waals surface area contributed by atoms with Gasteiger partial charge in [0.05, 0.1) is 38.0 Å². The van der Waals surface area contributed by atoms with Crippen molar-refractivity contribution in [2.24, 2.45) is 11.8 Å². The fraction of sp³-hybridized carbons (Fsp3) is 0.875. The smallest absolute Gasteiger partial charge is 0.0862 e. The Labute approximate surface area is 199 Å². The minimum Gasteiger partial charge on any atom is -0.550 e. The third-order valence-electron chi connectivity index (χ3n) is 4.66. The minimum absolute atomic E-state index is 0.103. The zero-order valence-electron chi connectivity index (χ0n) is 21.6. The van der Waals surface area contributed by atoms with Crippen LogP contribution in [0.4, 0.5) is 0 Å². The average Bonchev–Trinajstić information content (AvgIpc) is 2.72. The van der Waals surface area contributed by atoms with Gasteiger partial charge in [-0.15, -0.1) is 0 Å². The summed E-state index contributed by atoms with van der Waals surface area (Å²) in [4.78, 5) is 30.6. The molecule has 0 N–H and O–H groups in total. The first-order valence-corrected chi connectivity index (χ1v) is 11.8. The quantitative estimate of drug-likeness (QED) is 0.276. The van der Waals surface area contributed by atoms with E-state index in [9.17, 15) is 29.7 Å². The summed E-state index contributed by atoms with van der Waals surface area (Å²) < 4.78 is 15.3. The summed E-state index contributed by atoms with van der Waals surface area (Å²) in [5.74, 6) is -3.27. The second kappa shape index (κ2) is 24.9. The van der Waals surface area contributed by atoms with Crippen LogP contribution in [-0.2, 0) is 28.6 Å². The lowest BCUT2D eigenvalue weighted by molar-refractivity contribution is -0.311. The van der Waals surface area contributed by atoms with E-state index in [1.807, 2.05) is 27.7 Å². The molecule has 0 aliphatic heterocycles. The molecule has 0 heterocycles. The van der Waals surface area contributed by atoms with E-state index in [0.717, 1.165) is 18.8 Å². The molecule has 198 valence electrons. The molecule has 0 bridgehead atoms. The van der Waals surface area contributed by atoms with Gasteiger partial charge in [0.2, 0.25) is 0 Å². The summed E-state index contributed by atoms with van der Waals surface area (Å²) in [6.07, 6.45) is 3.29. The van der Waals surface area contributed by atoms with Gasteiger partial charge in [-0.25, -0.2) is 0 Å². The molecule has 0 rings (SSSR count). The summed E-state index contributed by atoms with van der Waals surface area (Å²) >= 11 is 0. The van der Waals surface area contributed by atoms with Crippen LogP contribution < -0.4 is 15.3 Å². The number of hydrogen-bond acceptors (Lipinski definition) is 9. The number of hydrogen-bond donors (Lipinski definition) is 0. The Balaban J connectivity index is -0.000000465. The molecule has 33 heavy (non-hydrogen) atoms.